The van der Waals surface area contributed by atoms with Crippen molar-refractivity contribution in [1.29, 1.82) is 0 Å². The van der Waals surface area contributed by atoms with Crippen LogP contribution in [0.25, 0.3) is 0 Å². The Morgan fingerprint density at radius 1 is 1.21 bits per heavy atom. The zero-order valence-electron chi connectivity index (χ0n) is 19.5. The fourth-order valence-electron chi connectivity index (χ4n) is 4.11. The zero-order valence-corrected chi connectivity index (χ0v) is 19.5. The van der Waals surface area contributed by atoms with Gasteiger partial charge in [0.05, 0.1) is 12.8 Å². The average molecular weight is 464 g/mol. The first-order chi connectivity index (χ1) is 16.5. The fraction of sp³-hybridized carbons (Fsp3) is 0.333. The average Bonchev–Trinajstić information content (AvgIpc) is 2.85. The molecule has 1 aromatic heterocycles. The summed E-state index contributed by atoms with van der Waals surface area (Å²) in [7, 11) is 5.46. The molecule has 0 aliphatic carbocycles. The second-order valence-corrected chi connectivity index (χ2v) is 8.15. The van der Waals surface area contributed by atoms with Crippen LogP contribution in [0.15, 0.2) is 42.7 Å². The van der Waals surface area contributed by atoms with E-state index in [1.165, 1.54) is 17.5 Å². The fourth-order valence-corrected chi connectivity index (χ4v) is 4.11. The van der Waals surface area contributed by atoms with Crippen LogP contribution >= 0.6 is 0 Å². The Bertz CT molecular complexity index is 1170. The summed E-state index contributed by atoms with van der Waals surface area (Å²) in [5, 5.41) is 14.1. The van der Waals surface area contributed by atoms with Crippen molar-refractivity contribution in [2.24, 2.45) is 5.73 Å². The number of hydrogen-bond donors (Lipinski definition) is 3. The summed E-state index contributed by atoms with van der Waals surface area (Å²) in [5.41, 5.74) is 10.5. The predicted molar refractivity (Wildman–Crippen MR) is 129 cm³/mol. The van der Waals surface area contributed by atoms with E-state index in [1.54, 1.807) is 14.2 Å². The minimum Gasteiger partial charge on any atom is -0.495 e. The molecule has 1 amide bonds. The van der Waals surface area contributed by atoms with Crippen LogP contribution in [0, 0.1) is 0 Å². The molecule has 0 radical (unpaired) electrons. The minimum atomic E-state index is -0.712. The van der Waals surface area contributed by atoms with Gasteiger partial charge < -0.3 is 30.7 Å². The summed E-state index contributed by atoms with van der Waals surface area (Å²) in [6.07, 6.45) is 1.96. The molecular formula is C24H29N7O3. The van der Waals surface area contributed by atoms with E-state index in [0.717, 1.165) is 42.2 Å². The quantitative estimate of drug-likeness (QED) is 0.438. The molecular weight excluding hydrogens is 434 g/mol. The molecule has 10 heteroatoms. The number of nitrogens with zero attached hydrogens (tertiary/aromatic N) is 4. The Kier molecular flexibility index (Phi) is 7.19. The zero-order chi connectivity index (χ0) is 24.1. The number of rotatable bonds is 9. The second kappa shape index (κ2) is 10.4. The molecule has 2 aromatic carbocycles. The van der Waals surface area contributed by atoms with Crippen molar-refractivity contribution in [2.75, 3.05) is 45.0 Å². The van der Waals surface area contributed by atoms with Crippen molar-refractivity contribution in [3.05, 3.63) is 65.1 Å². The Morgan fingerprint density at radius 3 is 2.79 bits per heavy atom. The van der Waals surface area contributed by atoms with Crippen molar-refractivity contribution in [3.63, 3.8) is 0 Å². The first-order valence-electron chi connectivity index (χ1n) is 11.0. The van der Waals surface area contributed by atoms with Crippen molar-refractivity contribution < 1.29 is 14.3 Å². The van der Waals surface area contributed by atoms with E-state index in [2.05, 4.69) is 49.9 Å². The van der Waals surface area contributed by atoms with Crippen LogP contribution < -0.4 is 21.1 Å². The third kappa shape index (κ3) is 5.08. The summed E-state index contributed by atoms with van der Waals surface area (Å²) in [6, 6.07) is 11.9. The number of fused-ring (bicyclic) bond motifs is 1. The second-order valence-electron chi connectivity index (χ2n) is 8.15. The monoisotopic (exact) mass is 463 g/mol. The van der Waals surface area contributed by atoms with Gasteiger partial charge >= 0.3 is 0 Å². The number of nitrogens with two attached hydrogens (primary N) is 1. The number of aromatic nitrogens is 3. The first-order valence-corrected chi connectivity index (χ1v) is 11.0. The van der Waals surface area contributed by atoms with Gasteiger partial charge in [0.2, 0.25) is 0 Å². The summed E-state index contributed by atoms with van der Waals surface area (Å²) in [6.45, 7) is 2.44. The van der Waals surface area contributed by atoms with Gasteiger partial charge in [-0.3, -0.25) is 4.79 Å². The van der Waals surface area contributed by atoms with Crippen molar-refractivity contribution in [3.8, 4) is 5.75 Å². The number of likely N-dealkylation sites (N-methyl/N-ethyl adjacent to an activating group) is 1. The largest absolute Gasteiger partial charge is 0.495 e. The van der Waals surface area contributed by atoms with Gasteiger partial charge in [0.25, 0.3) is 5.91 Å². The molecule has 1 atom stereocenters. The lowest BCUT2D eigenvalue weighted by atomic mass is 9.98. The Balaban J connectivity index is 1.57. The molecule has 34 heavy (non-hydrogen) atoms. The number of carbonyl (C=O) groups is 1. The van der Waals surface area contributed by atoms with Crippen LogP contribution in [0.2, 0.25) is 0 Å². The molecule has 1 unspecified atom stereocenters. The van der Waals surface area contributed by atoms with Gasteiger partial charge in [-0.05, 0) is 42.8 Å². The summed E-state index contributed by atoms with van der Waals surface area (Å²) < 4.78 is 11.5. The lowest BCUT2D eigenvalue weighted by Gasteiger charge is -2.27. The number of ether oxygens (including phenoxy) is 2. The van der Waals surface area contributed by atoms with E-state index in [1.807, 2.05) is 24.3 Å². The normalized spacial score (nSPS) is 14.2. The van der Waals surface area contributed by atoms with Gasteiger partial charge in [-0.1, -0.05) is 18.2 Å². The van der Waals surface area contributed by atoms with Gasteiger partial charge in [0, 0.05) is 38.0 Å². The molecule has 0 bridgehead atoms. The lowest BCUT2D eigenvalue weighted by molar-refractivity contribution is 0.0995. The Labute approximate surface area is 198 Å². The van der Waals surface area contributed by atoms with Gasteiger partial charge in [-0.25, -0.2) is 4.98 Å². The van der Waals surface area contributed by atoms with Crippen LogP contribution in [0.5, 0.6) is 5.75 Å². The molecule has 1 aliphatic heterocycles. The number of primary amides is 1. The van der Waals surface area contributed by atoms with Crippen LogP contribution in [-0.2, 0) is 17.7 Å². The van der Waals surface area contributed by atoms with Gasteiger partial charge in [-0.15, -0.1) is 10.2 Å². The number of amides is 1. The highest BCUT2D eigenvalue weighted by molar-refractivity contribution is 5.96. The molecule has 178 valence electrons. The van der Waals surface area contributed by atoms with E-state index in [0.29, 0.717) is 6.54 Å². The number of anilines is 3. The summed E-state index contributed by atoms with van der Waals surface area (Å²) >= 11 is 0. The molecule has 0 saturated carbocycles. The predicted octanol–water partition coefficient (Wildman–Crippen LogP) is 2.51. The van der Waals surface area contributed by atoms with Gasteiger partial charge in [0.15, 0.2) is 11.5 Å². The molecule has 3 aromatic rings. The smallest absolute Gasteiger partial charge is 0.273 e. The maximum absolute atomic E-state index is 11.7. The number of benzene rings is 2. The van der Waals surface area contributed by atoms with Crippen molar-refractivity contribution >= 4 is 23.1 Å². The SMILES string of the molecule is COc1cc2c(cc1NCC(OC)c1ccccc1Nc1ncnnc1C(N)=O)CN(C)CC2. The van der Waals surface area contributed by atoms with E-state index >= 15 is 0 Å². The number of carbonyl (C=O) groups excluding carboxylic acids is 1. The summed E-state index contributed by atoms with van der Waals surface area (Å²) in [5.74, 6) is 0.330. The molecule has 1 aliphatic rings. The molecule has 0 saturated heterocycles. The highest BCUT2D eigenvalue weighted by Gasteiger charge is 2.20. The van der Waals surface area contributed by atoms with Crippen LogP contribution in [0.3, 0.4) is 0 Å². The molecule has 10 nitrogen and oxygen atoms in total. The van der Waals surface area contributed by atoms with Crippen molar-refractivity contribution in [1.82, 2.24) is 20.1 Å². The topological polar surface area (TPSA) is 128 Å². The first kappa shape index (κ1) is 23.4. The minimum absolute atomic E-state index is 0.0341. The third-order valence-corrected chi connectivity index (χ3v) is 5.90. The lowest BCUT2D eigenvalue weighted by Crippen LogP contribution is -2.26. The molecule has 0 spiro atoms. The number of hydrogen-bond acceptors (Lipinski definition) is 9. The van der Waals surface area contributed by atoms with E-state index in [4.69, 9.17) is 15.2 Å². The number of methoxy groups -OCH3 is 2. The maximum atomic E-state index is 11.7. The van der Waals surface area contributed by atoms with Crippen LogP contribution in [0.1, 0.15) is 33.3 Å². The molecule has 2 heterocycles. The molecule has 4 N–H and O–H groups in total. The highest BCUT2D eigenvalue weighted by atomic mass is 16.5. The summed E-state index contributed by atoms with van der Waals surface area (Å²) in [4.78, 5) is 18.1. The van der Waals surface area contributed by atoms with Crippen LogP contribution in [-0.4, -0.2) is 60.3 Å². The molecule has 4 rings (SSSR count). The highest BCUT2D eigenvalue weighted by Crippen LogP contribution is 2.33. The van der Waals surface area contributed by atoms with Crippen molar-refractivity contribution in [2.45, 2.75) is 19.1 Å². The Morgan fingerprint density at radius 2 is 2.03 bits per heavy atom. The third-order valence-electron chi connectivity index (χ3n) is 5.90. The van der Waals surface area contributed by atoms with Crippen LogP contribution in [0.4, 0.5) is 17.2 Å². The standard InChI is InChI=1S/C24H29N7O3/c1-31-9-8-15-11-20(33-2)19(10-16(15)13-31)26-12-21(34-3)17-6-4-5-7-18(17)29-24-22(23(25)32)30-28-14-27-24/h4-7,10-11,14,21,26H,8-9,12-13H2,1-3H3,(H2,25,32)(H,27,28,29). The molecule has 0 fully saturated rings. The van der Waals surface area contributed by atoms with Gasteiger partial charge in [0.1, 0.15) is 18.2 Å². The van der Waals surface area contributed by atoms with E-state index in [9.17, 15) is 4.79 Å². The van der Waals surface area contributed by atoms with E-state index in [-0.39, 0.29) is 17.6 Å². The number of para-hydroxylation sites is 1. The van der Waals surface area contributed by atoms with Gasteiger partial charge in [-0.2, -0.15) is 0 Å². The van der Waals surface area contributed by atoms with E-state index < -0.39 is 5.91 Å². The Hall–Kier alpha value is -3.76. The maximum Gasteiger partial charge on any atom is 0.273 e. The number of nitrogens with one attached hydrogen (secondary N) is 2.